The number of benzene rings is 1. The molecule has 0 fully saturated rings. The van der Waals surface area contributed by atoms with E-state index in [2.05, 4.69) is 29.5 Å². The molecule has 0 unspecified atom stereocenters. The summed E-state index contributed by atoms with van der Waals surface area (Å²) in [6, 6.07) is 10.8. The SMILES string of the molecule is Cc1ccc(-c2nn(-c3ccccc3[N+](=O)[O-])c3c2CCN3)s1. The average Bonchev–Trinajstić information content (AvgIpc) is 3.23. The topological polar surface area (TPSA) is 73.0 Å². The standard InChI is InChI=1S/C16H14N4O2S/c1-10-6-7-14(23-10)15-11-8-9-17-16(11)19(18-15)12-4-2-3-5-13(12)20(21)22/h2-7,17H,8-9H2,1H3. The van der Waals surface area contributed by atoms with Crippen LogP contribution in [0.15, 0.2) is 36.4 Å². The Labute approximate surface area is 136 Å². The van der Waals surface area contributed by atoms with Crippen LogP contribution in [0.2, 0.25) is 0 Å². The minimum Gasteiger partial charge on any atom is -0.369 e. The molecule has 3 heterocycles. The van der Waals surface area contributed by atoms with Crippen molar-refractivity contribution in [1.82, 2.24) is 9.78 Å². The minimum atomic E-state index is -0.368. The first-order valence-corrected chi connectivity index (χ1v) is 8.13. The number of aryl methyl sites for hydroxylation is 1. The Balaban J connectivity index is 1.93. The summed E-state index contributed by atoms with van der Waals surface area (Å²) >= 11 is 1.69. The number of nitro groups is 1. The lowest BCUT2D eigenvalue weighted by molar-refractivity contribution is -0.384. The van der Waals surface area contributed by atoms with Crippen LogP contribution >= 0.6 is 11.3 Å². The van der Waals surface area contributed by atoms with Gasteiger partial charge in [-0.2, -0.15) is 5.10 Å². The van der Waals surface area contributed by atoms with Crippen LogP contribution in [0.1, 0.15) is 10.4 Å². The number of nitro benzene ring substituents is 1. The van der Waals surface area contributed by atoms with E-state index in [-0.39, 0.29) is 10.6 Å². The summed E-state index contributed by atoms with van der Waals surface area (Å²) in [7, 11) is 0. The molecule has 4 rings (SSSR count). The van der Waals surface area contributed by atoms with Crippen molar-refractivity contribution >= 4 is 22.8 Å². The number of nitrogens with zero attached hydrogens (tertiary/aromatic N) is 3. The molecule has 0 aliphatic carbocycles. The molecule has 116 valence electrons. The van der Waals surface area contributed by atoms with Gasteiger partial charge in [0.25, 0.3) is 5.69 Å². The summed E-state index contributed by atoms with van der Waals surface area (Å²) in [6.07, 6.45) is 0.877. The number of hydrogen-bond acceptors (Lipinski definition) is 5. The second kappa shape index (κ2) is 5.20. The highest BCUT2D eigenvalue weighted by molar-refractivity contribution is 7.15. The first kappa shape index (κ1) is 14.0. The molecule has 0 spiro atoms. The molecule has 0 bridgehead atoms. The third-order valence-corrected chi connectivity index (χ3v) is 4.94. The molecule has 6 nitrogen and oxygen atoms in total. The maximum Gasteiger partial charge on any atom is 0.294 e. The molecule has 1 aromatic carbocycles. The van der Waals surface area contributed by atoms with Gasteiger partial charge in [0.2, 0.25) is 0 Å². The third-order valence-electron chi connectivity index (χ3n) is 3.93. The minimum absolute atomic E-state index is 0.0559. The molecule has 0 saturated carbocycles. The van der Waals surface area contributed by atoms with Crippen LogP contribution in [-0.4, -0.2) is 21.2 Å². The van der Waals surface area contributed by atoms with Crippen molar-refractivity contribution in [2.75, 3.05) is 11.9 Å². The summed E-state index contributed by atoms with van der Waals surface area (Å²) < 4.78 is 1.67. The van der Waals surface area contributed by atoms with Crippen molar-refractivity contribution in [2.45, 2.75) is 13.3 Å². The van der Waals surface area contributed by atoms with E-state index in [4.69, 9.17) is 0 Å². The predicted octanol–water partition coefficient (Wildman–Crippen LogP) is 3.79. The molecule has 1 N–H and O–H groups in total. The molecule has 0 atom stereocenters. The Morgan fingerprint density at radius 1 is 1.30 bits per heavy atom. The Kier molecular flexibility index (Phi) is 3.16. The van der Waals surface area contributed by atoms with Crippen molar-refractivity contribution in [2.24, 2.45) is 0 Å². The third kappa shape index (κ3) is 2.20. The monoisotopic (exact) mass is 326 g/mol. The zero-order valence-electron chi connectivity index (χ0n) is 12.4. The van der Waals surface area contributed by atoms with E-state index >= 15 is 0 Å². The zero-order chi connectivity index (χ0) is 16.0. The molecule has 0 radical (unpaired) electrons. The molecular formula is C16H14N4O2S. The lowest BCUT2D eigenvalue weighted by Gasteiger charge is -2.06. The second-order valence-corrected chi connectivity index (χ2v) is 6.71. The first-order valence-electron chi connectivity index (χ1n) is 7.31. The zero-order valence-corrected chi connectivity index (χ0v) is 13.3. The highest BCUT2D eigenvalue weighted by Crippen LogP contribution is 2.38. The summed E-state index contributed by atoms with van der Waals surface area (Å²) in [5.41, 5.74) is 2.59. The number of rotatable bonds is 3. The summed E-state index contributed by atoms with van der Waals surface area (Å²) in [4.78, 5) is 13.3. The summed E-state index contributed by atoms with van der Waals surface area (Å²) in [6.45, 7) is 2.89. The molecule has 0 amide bonds. The number of anilines is 1. The van der Waals surface area contributed by atoms with Crippen molar-refractivity contribution < 1.29 is 4.92 Å². The normalized spacial score (nSPS) is 12.9. The van der Waals surface area contributed by atoms with E-state index in [0.29, 0.717) is 5.69 Å². The van der Waals surface area contributed by atoms with Crippen molar-refractivity contribution in [3.05, 3.63) is 57.0 Å². The van der Waals surface area contributed by atoms with Gasteiger partial charge in [-0.25, -0.2) is 4.68 Å². The van der Waals surface area contributed by atoms with Gasteiger partial charge >= 0.3 is 0 Å². The van der Waals surface area contributed by atoms with Crippen LogP contribution in [0.4, 0.5) is 11.5 Å². The maximum absolute atomic E-state index is 11.3. The highest BCUT2D eigenvalue weighted by atomic mass is 32.1. The first-order chi connectivity index (χ1) is 11.1. The van der Waals surface area contributed by atoms with Crippen molar-refractivity contribution in [3.63, 3.8) is 0 Å². The quantitative estimate of drug-likeness (QED) is 0.587. The molecule has 7 heteroatoms. The number of thiophene rings is 1. The van der Waals surface area contributed by atoms with Crippen molar-refractivity contribution in [1.29, 1.82) is 0 Å². The lowest BCUT2D eigenvalue weighted by atomic mass is 10.2. The fourth-order valence-corrected chi connectivity index (χ4v) is 3.79. The van der Waals surface area contributed by atoms with Gasteiger partial charge in [0, 0.05) is 23.1 Å². The summed E-state index contributed by atoms with van der Waals surface area (Å²) in [5.74, 6) is 0.861. The van der Waals surface area contributed by atoms with E-state index < -0.39 is 0 Å². The number of aromatic nitrogens is 2. The van der Waals surface area contributed by atoms with E-state index in [1.54, 1.807) is 34.2 Å². The fraction of sp³-hybridized carbons (Fsp3) is 0.188. The van der Waals surface area contributed by atoms with E-state index in [0.717, 1.165) is 34.9 Å². The Hall–Kier alpha value is -2.67. The Bertz CT molecular complexity index is 913. The van der Waals surface area contributed by atoms with Gasteiger partial charge in [0.05, 0.1) is 9.80 Å². The van der Waals surface area contributed by atoms with Gasteiger partial charge in [-0.1, -0.05) is 12.1 Å². The van der Waals surface area contributed by atoms with Gasteiger partial charge in [0.15, 0.2) is 0 Å². The van der Waals surface area contributed by atoms with E-state index in [1.165, 1.54) is 10.9 Å². The number of fused-ring (bicyclic) bond motifs is 1. The molecule has 2 aromatic heterocycles. The van der Waals surface area contributed by atoms with E-state index in [1.807, 2.05) is 0 Å². The van der Waals surface area contributed by atoms with Crippen LogP contribution in [0.25, 0.3) is 16.3 Å². The van der Waals surface area contributed by atoms with Gasteiger partial charge < -0.3 is 5.32 Å². The second-order valence-electron chi connectivity index (χ2n) is 5.42. The Morgan fingerprint density at radius 2 is 2.13 bits per heavy atom. The van der Waals surface area contributed by atoms with E-state index in [9.17, 15) is 10.1 Å². The smallest absolute Gasteiger partial charge is 0.294 e. The molecule has 3 aromatic rings. The predicted molar refractivity (Wildman–Crippen MR) is 90.5 cm³/mol. The van der Waals surface area contributed by atoms with Crippen LogP contribution < -0.4 is 5.32 Å². The van der Waals surface area contributed by atoms with Gasteiger partial charge in [0.1, 0.15) is 17.2 Å². The molecule has 1 aliphatic heterocycles. The molecule has 0 saturated heterocycles. The maximum atomic E-state index is 11.3. The number of nitrogens with one attached hydrogen (secondary N) is 1. The lowest BCUT2D eigenvalue weighted by Crippen LogP contribution is -2.06. The molecule has 1 aliphatic rings. The van der Waals surface area contributed by atoms with Gasteiger partial charge in [-0.15, -0.1) is 11.3 Å². The van der Waals surface area contributed by atoms with Crippen LogP contribution in [0.5, 0.6) is 0 Å². The fourth-order valence-electron chi connectivity index (χ4n) is 2.91. The molecular weight excluding hydrogens is 312 g/mol. The largest absolute Gasteiger partial charge is 0.369 e. The average molecular weight is 326 g/mol. The van der Waals surface area contributed by atoms with Gasteiger partial charge in [-0.05, 0) is 31.5 Å². The van der Waals surface area contributed by atoms with Crippen LogP contribution in [0.3, 0.4) is 0 Å². The van der Waals surface area contributed by atoms with Crippen LogP contribution in [0, 0.1) is 17.0 Å². The summed E-state index contributed by atoms with van der Waals surface area (Å²) in [5, 5.41) is 19.3. The Morgan fingerprint density at radius 3 is 2.87 bits per heavy atom. The van der Waals surface area contributed by atoms with Crippen LogP contribution in [-0.2, 0) is 6.42 Å². The molecule has 23 heavy (non-hydrogen) atoms. The van der Waals surface area contributed by atoms with Gasteiger partial charge in [-0.3, -0.25) is 10.1 Å². The number of hydrogen-bond donors (Lipinski definition) is 1. The highest BCUT2D eigenvalue weighted by Gasteiger charge is 2.27. The van der Waals surface area contributed by atoms with Crippen molar-refractivity contribution in [3.8, 4) is 16.3 Å². The number of para-hydroxylation sites is 2.